The number of nitrogens with zero attached hydrogens (tertiary/aromatic N) is 2. The summed E-state index contributed by atoms with van der Waals surface area (Å²) in [5, 5.41) is 2.57. The molecular weight excluding hydrogens is 713 g/mol. The summed E-state index contributed by atoms with van der Waals surface area (Å²) in [6.07, 6.45) is 14.8. The van der Waals surface area contributed by atoms with Gasteiger partial charge in [-0.25, -0.2) is 0 Å². The van der Waals surface area contributed by atoms with Crippen LogP contribution in [-0.4, -0.2) is 6.04 Å². The van der Waals surface area contributed by atoms with Gasteiger partial charge >= 0.3 is 0 Å². The Kier molecular flexibility index (Phi) is 7.88. The molecule has 0 amide bonds. The average molecular weight is 757 g/mol. The van der Waals surface area contributed by atoms with Gasteiger partial charge in [-0.3, -0.25) is 0 Å². The van der Waals surface area contributed by atoms with Crippen molar-refractivity contribution in [3.05, 3.63) is 228 Å². The molecule has 0 radical (unpaired) electrons. The maximum absolute atomic E-state index is 2.67. The van der Waals surface area contributed by atoms with Gasteiger partial charge in [0.05, 0.1) is 11.1 Å². The van der Waals surface area contributed by atoms with E-state index in [2.05, 4.69) is 210 Å². The van der Waals surface area contributed by atoms with Gasteiger partial charge in [0.1, 0.15) is 0 Å². The van der Waals surface area contributed by atoms with E-state index in [1.165, 1.54) is 89.2 Å². The summed E-state index contributed by atoms with van der Waals surface area (Å²) in [5.74, 6) is 0. The Morgan fingerprint density at radius 1 is 0.458 bits per heavy atom. The molecule has 4 aliphatic carbocycles. The second-order valence-corrected chi connectivity index (χ2v) is 16.6. The first-order valence-corrected chi connectivity index (χ1v) is 21.3. The van der Waals surface area contributed by atoms with E-state index >= 15 is 0 Å². The number of hydrogen-bond donors (Lipinski definition) is 0. The van der Waals surface area contributed by atoms with Crippen LogP contribution < -0.4 is 9.80 Å². The second kappa shape index (κ2) is 13.6. The monoisotopic (exact) mass is 756 g/mol. The fourth-order valence-electron chi connectivity index (χ4n) is 11.0. The fraction of sp³-hybridized carbons (Fsp3) is 0.123. The normalized spacial score (nSPS) is 16.3. The van der Waals surface area contributed by atoms with Crippen molar-refractivity contribution in [2.24, 2.45) is 0 Å². The number of rotatable bonds is 6. The number of hydrogen-bond acceptors (Lipinski definition) is 2. The molecule has 0 bridgehead atoms. The lowest BCUT2D eigenvalue weighted by Crippen LogP contribution is -2.32. The van der Waals surface area contributed by atoms with Crippen molar-refractivity contribution in [2.75, 3.05) is 9.80 Å². The molecule has 282 valence electrons. The number of allylic oxidation sites excluding steroid dienone is 2. The smallest absolute Gasteiger partial charge is 0.0727 e. The molecule has 0 saturated heterocycles. The van der Waals surface area contributed by atoms with E-state index in [1.807, 2.05) is 0 Å². The first-order chi connectivity index (χ1) is 29.3. The van der Waals surface area contributed by atoms with E-state index in [1.54, 1.807) is 0 Å². The molecule has 0 heterocycles. The van der Waals surface area contributed by atoms with Crippen LogP contribution in [0, 0.1) is 0 Å². The lowest BCUT2D eigenvalue weighted by Gasteiger charge is -2.37. The van der Waals surface area contributed by atoms with Crippen molar-refractivity contribution >= 4 is 45.3 Å². The molecule has 0 N–H and O–H groups in total. The van der Waals surface area contributed by atoms with E-state index < -0.39 is 5.41 Å². The number of para-hydroxylation sites is 1. The van der Waals surface area contributed by atoms with E-state index in [0.29, 0.717) is 6.04 Å². The minimum absolute atomic E-state index is 0.351. The molecule has 12 rings (SSSR count). The van der Waals surface area contributed by atoms with E-state index in [-0.39, 0.29) is 0 Å². The van der Waals surface area contributed by atoms with Crippen LogP contribution in [0.15, 0.2) is 194 Å². The summed E-state index contributed by atoms with van der Waals surface area (Å²) in [5.41, 5.74) is 19.0. The van der Waals surface area contributed by atoms with Gasteiger partial charge in [0.15, 0.2) is 0 Å². The quantitative estimate of drug-likeness (QED) is 0.156. The summed E-state index contributed by atoms with van der Waals surface area (Å²) in [6, 6.07) is 66.9. The lowest BCUT2D eigenvalue weighted by molar-refractivity contribution is 0.591. The minimum atomic E-state index is -0.501. The van der Waals surface area contributed by atoms with Crippen LogP contribution in [0.25, 0.3) is 39.1 Å². The highest BCUT2D eigenvalue weighted by molar-refractivity contribution is 5.99. The molecule has 4 aliphatic rings. The Labute approximate surface area is 347 Å². The van der Waals surface area contributed by atoms with Gasteiger partial charge in [-0.15, -0.1) is 0 Å². The molecular formula is C57H44N2. The van der Waals surface area contributed by atoms with Crippen molar-refractivity contribution < 1.29 is 0 Å². The molecule has 59 heavy (non-hydrogen) atoms. The number of fused-ring (bicyclic) bond motifs is 12. The Balaban J connectivity index is 1.12. The van der Waals surface area contributed by atoms with E-state index in [0.717, 1.165) is 37.8 Å². The summed E-state index contributed by atoms with van der Waals surface area (Å²) in [6.45, 7) is 0. The largest absolute Gasteiger partial charge is 0.338 e. The molecule has 1 atom stereocenters. The Bertz CT molecular complexity index is 2960. The Hall–Kier alpha value is -6.90. The SMILES string of the molecule is C1=Cc2c(cccc2N(c2ccccc2)c2ccc3c(c2)C2(c4ccccc4-c4ccccc42)c2cc(N(c4cccc5ccccc45)C4CC=CCC4)ccc2-3)CC1. The first-order valence-electron chi connectivity index (χ1n) is 21.3. The average Bonchev–Trinajstić information content (AvgIpc) is 3.77. The molecule has 2 nitrogen and oxygen atoms in total. The predicted molar refractivity (Wildman–Crippen MR) is 248 cm³/mol. The van der Waals surface area contributed by atoms with Gasteiger partial charge in [-0.2, -0.15) is 0 Å². The standard InChI is InChI=1S/C57H44N2/c1-3-21-41(22-4-1)58(55-31-15-19-39-17-7-9-25-45(39)55)43-33-35-49-50-36-34-44(59(42-23-5-2-6-24-42)56-32-16-20-40-18-8-10-26-46(40)56)38-54(50)57(53(49)37-43)51-29-13-11-27-47(51)48-28-12-14-30-52(48)57/h1-5,8-16,18-22,25-38,42H,6-7,17,23-24H2. The van der Waals surface area contributed by atoms with Gasteiger partial charge in [-0.1, -0.05) is 152 Å². The molecule has 0 fully saturated rings. The van der Waals surface area contributed by atoms with Gasteiger partial charge in [0.25, 0.3) is 0 Å². The van der Waals surface area contributed by atoms with Crippen LogP contribution in [-0.2, 0) is 11.8 Å². The highest BCUT2D eigenvalue weighted by Crippen LogP contribution is 2.64. The van der Waals surface area contributed by atoms with Crippen molar-refractivity contribution in [2.45, 2.75) is 43.6 Å². The molecule has 0 aromatic heterocycles. The number of benzene rings is 8. The van der Waals surface area contributed by atoms with Crippen LogP contribution in [0.5, 0.6) is 0 Å². The van der Waals surface area contributed by atoms with Crippen LogP contribution in [0.4, 0.5) is 28.4 Å². The summed E-state index contributed by atoms with van der Waals surface area (Å²) in [4.78, 5) is 5.16. The van der Waals surface area contributed by atoms with E-state index in [4.69, 9.17) is 0 Å². The van der Waals surface area contributed by atoms with Crippen molar-refractivity contribution in [3.63, 3.8) is 0 Å². The number of aryl methyl sites for hydroxylation is 1. The summed E-state index contributed by atoms with van der Waals surface area (Å²) >= 11 is 0. The minimum Gasteiger partial charge on any atom is -0.338 e. The molecule has 0 saturated carbocycles. The van der Waals surface area contributed by atoms with Crippen molar-refractivity contribution in [3.8, 4) is 22.3 Å². The summed E-state index contributed by atoms with van der Waals surface area (Å²) < 4.78 is 0. The van der Waals surface area contributed by atoms with Crippen LogP contribution in [0.1, 0.15) is 59.1 Å². The summed E-state index contributed by atoms with van der Waals surface area (Å²) in [7, 11) is 0. The molecule has 1 unspecified atom stereocenters. The molecule has 0 aliphatic heterocycles. The zero-order chi connectivity index (χ0) is 38.9. The molecule has 8 aromatic rings. The van der Waals surface area contributed by atoms with Gasteiger partial charge < -0.3 is 9.80 Å². The van der Waals surface area contributed by atoms with Crippen LogP contribution in [0.2, 0.25) is 0 Å². The highest BCUT2D eigenvalue weighted by atomic mass is 15.2. The van der Waals surface area contributed by atoms with Crippen LogP contribution in [0.3, 0.4) is 0 Å². The third-order valence-corrected chi connectivity index (χ3v) is 13.5. The number of anilines is 5. The second-order valence-electron chi connectivity index (χ2n) is 16.6. The topological polar surface area (TPSA) is 6.48 Å². The Morgan fingerprint density at radius 3 is 1.88 bits per heavy atom. The molecule has 8 aromatic carbocycles. The van der Waals surface area contributed by atoms with Crippen LogP contribution >= 0.6 is 0 Å². The highest BCUT2D eigenvalue weighted by Gasteiger charge is 2.52. The Morgan fingerprint density at radius 2 is 1.10 bits per heavy atom. The van der Waals surface area contributed by atoms with Gasteiger partial charge in [0, 0.05) is 39.7 Å². The van der Waals surface area contributed by atoms with Crippen molar-refractivity contribution in [1.82, 2.24) is 0 Å². The fourth-order valence-corrected chi connectivity index (χ4v) is 11.0. The zero-order valence-corrected chi connectivity index (χ0v) is 33.1. The maximum atomic E-state index is 2.67. The zero-order valence-electron chi connectivity index (χ0n) is 33.1. The third-order valence-electron chi connectivity index (χ3n) is 13.5. The lowest BCUT2D eigenvalue weighted by atomic mass is 9.70. The van der Waals surface area contributed by atoms with Gasteiger partial charge in [0.2, 0.25) is 0 Å². The predicted octanol–water partition coefficient (Wildman–Crippen LogP) is 14.9. The van der Waals surface area contributed by atoms with E-state index in [9.17, 15) is 0 Å². The van der Waals surface area contributed by atoms with Gasteiger partial charge in [-0.05, 0) is 136 Å². The maximum Gasteiger partial charge on any atom is 0.0727 e. The first kappa shape index (κ1) is 34.2. The molecule has 2 heteroatoms. The molecule has 1 spiro atoms. The third kappa shape index (κ3) is 5.12. The van der Waals surface area contributed by atoms with Crippen molar-refractivity contribution in [1.29, 1.82) is 0 Å².